The minimum Gasteiger partial charge on any atom is -0.412 e. The molecule has 3 aromatic rings. The van der Waals surface area contributed by atoms with Crippen molar-refractivity contribution in [1.29, 1.82) is 0 Å². The van der Waals surface area contributed by atoms with Gasteiger partial charge in [-0.1, -0.05) is 51.1 Å². The summed E-state index contributed by atoms with van der Waals surface area (Å²) in [6, 6.07) is 18.3. The Morgan fingerprint density at radius 2 is 1.56 bits per heavy atom. The summed E-state index contributed by atoms with van der Waals surface area (Å²) in [4.78, 5) is 8.73. The number of pyridine rings is 1. The lowest BCUT2D eigenvalue weighted by Gasteiger charge is -2.38. The van der Waals surface area contributed by atoms with E-state index in [9.17, 15) is 0 Å². The summed E-state index contributed by atoms with van der Waals surface area (Å²) in [5.74, 6) is -0.143. The molecule has 4 rings (SSSR count). The van der Waals surface area contributed by atoms with Crippen LogP contribution in [0.1, 0.15) is 26.3 Å². The van der Waals surface area contributed by atoms with E-state index in [0.29, 0.717) is 17.9 Å². The molecule has 34 heavy (non-hydrogen) atoms. The van der Waals surface area contributed by atoms with Crippen LogP contribution in [0.5, 0.6) is 0 Å². The van der Waals surface area contributed by atoms with Crippen LogP contribution in [0.2, 0.25) is 18.1 Å². The van der Waals surface area contributed by atoms with E-state index in [1.165, 1.54) is 5.69 Å². The summed E-state index contributed by atoms with van der Waals surface area (Å²) in [5, 5.41) is 0.105. The zero-order valence-electron chi connectivity index (χ0n) is 21.0. The topological polar surface area (TPSA) is 28.6 Å². The number of hydrogen-bond acceptors (Lipinski definition) is 4. The van der Waals surface area contributed by atoms with Crippen LogP contribution >= 0.6 is 0 Å². The molecular formula is C28H36FN3OSi. The smallest absolute Gasteiger partial charge is 0.192 e. The standard InChI is InChI=1S/C28H36FN3OSi/c1-28(2,3)34(4,5)33-21-24-8-6-10-26(27(24)29)32-18-16-31(17-19-32)25-13-11-22(12-14-25)23-9-7-15-30-20-23/h6-15,20H,16-19,21H2,1-5H3. The SMILES string of the molecule is CC(C)(C)[Si](C)(C)OCc1cccc(N2CCN(c3ccc(-c4cccnc4)cc3)CC2)c1F. The Bertz CT molecular complexity index is 1090. The number of aromatic nitrogens is 1. The number of halogens is 1. The molecule has 180 valence electrons. The van der Waals surface area contributed by atoms with E-state index < -0.39 is 8.32 Å². The van der Waals surface area contributed by atoms with E-state index in [4.69, 9.17) is 4.43 Å². The maximum Gasteiger partial charge on any atom is 0.192 e. The van der Waals surface area contributed by atoms with Crippen molar-refractivity contribution < 1.29 is 8.82 Å². The van der Waals surface area contributed by atoms with Crippen molar-refractivity contribution in [3.8, 4) is 11.1 Å². The second-order valence-electron chi connectivity index (χ2n) is 10.6. The molecule has 1 aromatic heterocycles. The van der Waals surface area contributed by atoms with E-state index in [-0.39, 0.29) is 10.9 Å². The first-order valence-corrected chi connectivity index (χ1v) is 15.0. The molecule has 1 fully saturated rings. The second kappa shape index (κ2) is 9.88. The molecule has 1 aliphatic heterocycles. The molecule has 0 saturated carbocycles. The first-order valence-electron chi connectivity index (χ1n) is 12.1. The van der Waals surface area contributed by atoms with Crippen molar-refractivity contribution in [2.45, 2.75) is 45.5 Å². The van der Waals surface area contributed by atoms with E-state index in [2.05, 4.69) is 79.0 Å². The summed E-state index contributed by atoms with van der Waals surface area (Å²) < 4.78 is 21.7. The molecule has 0 bridgehead atoms. The van der Waals surface area contributed by atoms with Gasteiger partial charge >= 0.3 is 0 Å². The number of hydrogen-bond donors (Lipinski definition) is 0. The van der Waals surface area contributed by atoms with E-state index in [0.717, 1.165) is 37.3 Å². The lowest BCUT2D eigenvalue weighted by molar-refractivity contribution is 0.271. The van der Waals surface area contributed by atoms with Gasteiger partial charge in [0.2, 0.25) is 0 Å². The monoisotopic (exact) mass is 477 g/mol. The van der Waals surface area contributed by atoms with Crippen LogP contribution < -0.4 is 9.80 Å². The average Bonchev–Trinajstić information content (AvgIpc) is 2.83. The van der Waals surface area contributed by atoms with Gasteiger partial charge in [0, 0.05) is 49.8 Å². The second-order valence-corrected chi connectivity index (χ2v) is 15.4. The zero-order chi connectivity index (χ0) is 24.3. The van der Waals surface area contributed by atoms with Crippen LogP contribution in [0.15, 0.2) is 67.0 Å². The van der Waals surface area contributed by atoms with Gasteiger partial charge in [-0.15, -0.1) is 0 Å². The Kier molecular flexibility index (Phi) is 7.10. The molecule has 1 aliphatic rings. The number of rotatable bonds is 6. The van der Waals surface area contributed by atoms with Gasteiger partial charge in [0.25, 0.3) is 0 Å². The Hall–Kier alpha value is -2.70. The molecule has 0 spiro atoms. The summed E-state index contributed by atoms with van der Waals surface area (Å²) >= 11 is 0. The fourth-order valence-corrected chi connectivity index (χ4v) is 4.95. The van der Waals surface area contributed by atoms with E-state index in [1.54, 1.807) is 6.20 Å². The maximum atomic E-state index is 15.4. The van der Waals surface area contributed by atoms with Gasteiger partial charge < -0.3 is 14.2 Å². The van der Waals surface area contributed by atoms with Gasteiger partial charge in [-0.3, -0.25) is 4.98 Å². The van der Waals surface area contributed by atoms with Gasteiger partial charge in [-0.25, -0.2) is 4.39 Å². The lowest BCUT2D eigenvalue weighted by atomic mass is 10.1. The third-order valence-corrected chi connectivity index (χ3v) is 11.8. The van der Waals surface area contributed by atoms with Crippen LogP contribution in [0.3, 0.4) is 0 Å². The Labute approximate surface area is 204 Å². The predicted molar refractivity (Wildman–Crippen MR) is 142 cm³/mol. The molecule has 0 aliphatic carbocycles. The molecule has 0 N–H and O–H groups in total. The van der Waals surface area contributed by atoms with Crippen molar-refractivity contribution in [2.75, 3.05) is 36.0 Å². The summed E-state index contributed by atoms with van der Waals surface area (Å²) in [6.45, 7) is 14.6. The van der Waals surface area contributed by atoms with Crippen LogP contribution in [0.4, 0.5) is 15.8 Å². The van der Waals surface area contributed by atoms with Gasteiger partial charge in [-0.2, -0.15) is 0 Å². The minimum atomic E-state index is -1.93. The van der Waals surface area contributed by atoms with E-state index >= 15 is 4.39 Å². The van der Waals surface area contributed by atoms with Crippen LogP contribution in [0.25, 0.3) is 11.1 Å². The highest BCUT2D eigenvalue weighted by molar-refractivity contribution is 6.74. The molecule has 0 atom stereocenters. The molecule has 0 unspecified atom stereocenters. The predicted octanol–water partition coefficient (Wildman–Crippen LogP) is 6.74. The molecule has 0 radical (unpaired) electrons. The van der Waals surface area contributed by atoms with Crippen molar-refractivity contribution in [3.05, 3.63) is 78.4 Å². The van der Waals surface area contributed by atoms with Crippen molar-refractivity contribution in [2.24, 2.45) is 0 Å². The molecule has 0 amide bonds. The highest BCUT2D eigenvalue weighted by Crippen LogP contribution is 2.37. The third-order valence-electron chi connectivity index (χ3n) is 7.30. The molecule has 6 heteroatoms. The molecule has 4 nitrogen and oxygen atoms in total. The highest BCUT2D eigenvalue weighted by Gasteiger charge is 2.37. The Morgan fingerprint density at radius 1 is 0.882 bits per heavy atom. The van der Waals surface area contributed by atoms with Crippen molar-refractivity contribution in [1.82, 2.24) is 4.98 Å². The Balaban J connectivity index is 1.39. The molecular weight excluding hydrogens is 441 g/mol. The van der Waals surface area contributed by atoms with Gasteiger partial charge in [0.15, 0.2) is 14.1 Å². The summed E-state index contributed by atoms with van der Waals surface area (Å²) in [6.07, 6.45) is 3.67. The van der Waals surface area contributed by atoms with E-state index in [1.807, 2.05) is 30.5 Å². The summed E-state index contributed by atoms with van der Waals surface area (Å²) in [5.41, 5.74) is 4.81. The molecule has 1 saturated heterocycles. The maximum absolute atomic E-state index is 15.4. The lowest BCUT2D eigenvalue weighted by Crippen LogP contribution is -2.47. The van der Waals surface area contributed by atoms with Crippen LogP contribution in [0, 0.1) is 5.82 Å². The number of piperazine rings is 1. The quantitative estimate of drug-likeness (QED) is 0.368. The van der Waals surface area contributed by atoms with Gasteiger partial charge in [0.05, 0.1) is 12.3 Å². The third kappa shape index (κ3) is 5.34. The fourth-order valence-electron chi connectivity index (χ4n) is 4.00. The van der Waals surface area contributed by atoms with Crippen LogP contribution in [-0.4, -0.2) is 39.5 Å². The fraction of sp³-hybridized carbons (Fsp3) is 0.393. The first kappa shape index (κ1) is 24.4. The number of benzene rings is 2. The number of anilines is 2. The van der Waals surface area contributed by atoms with Crippen molar-refractivity contribution in [3.63, 3.8) is 0 Å². The highest BCUT2D eigenvalue weighted by atomic mass is 28.4. The zero-order valence-corrected chi connectivity index (χ0v) is 22.0. The van der Waals surface area contributed by atoms with Crippen LogP contribution in [-0.2, 0) is 11.0 Å². The summed E-state index contributed by atoms with van der Waals surface area (Å²) in [7, 11) is -1.93. The molecule has 2 heterocycles. The molecule has 2 aromatic carbocycles. The number of nitrogens with zero attached hydrogens (tertiary/aromatic N) is 3. The Morgan fingerprint density at radius 3 is 2.18 bits per heavy atom. The first-order chi connectivity index (χ1) is 16.2. The minimum absolute atomic E-state index is 0.105. The average molecular weight is 478 g/mol. The van der Waals surface area contributed by atoms with Gasteiger partial charge in [-0.05, 0) is 53.5 Å². The largest absolute Gasteiger partial charge is 0.412 e. The van der Waals surface area contributed by atoms with Crippen molar-refractivity contribution >= 4 is 19.7 Å². The van der Waals surface area contributed by atoms with Gasteiger partial charge in [0.1, 0.15) is 0 Å². The normalized spacial score (nSPS) is 15.0.